The van der Waals surface area contributed by atoms with Gasteiger partial charge in [-0.15, -0.1) is 6.58 Å². The topological polar surface area (TPSA) is 46.2 Å². The molecule has 1 aromatic carbocycles. The van der Waals surface area contributed by atoms with E-state index in [2.05, 4.69) is 38.4 Å². The molecule has 4 heteroatoms. The van der Waals surface area contributed by atoms with Crippen LogP contribution in [0.2, 0.25) is 0 Å². The lowest BCUT2D eigenvalue weighted by atomic mass is 10.0. The van der Waals surface area contributed by atoms with Gasteiger partial charge in [0.15, 0.2) is 0 Å². The van der Waals surface area contributed by atoms with Crippen molar-refractivity contribution >= 4 is 31.9 Å². The molecule has 0 fully saturated rings. The summed E-state index contributed by atoms with van der Waals surface area (Å²) in [6.07, 6.45) is 0.663. The van der Waals surface area contributed by atoms with E-state index in [-0.39, 0.29) is 11.8 Å². The van der Waals surface area contributed by atoms with Crippen LogP contribution in [0, 0.1) is 0 Å². The molecule has 0 unspecified atom stereocenters. The summed E-state index contributed by atoms with van der Waals surface area (Å²) in [5.41, 5.74) is 7.69. The van der Waals surface area contributed by atoms with Gasteiger partial charge in [-0.05, 0) is 41.4 Å². The molecule has 0 aliphatic heterocycles. The largest absolute Gasteiger partial charge is 0.506 e. The summed E-state index contributed by atoms with van der Waals surface area (Å²) in [6, 6.07) is 3.39. The van der Waals surface area contributed by atoms with E-state index in [1.54, 1.807) is 6.07 Å². The molecule has 15 heavy (non-hydrogen) atoms. The lowest BCUT2D eigenvalue weighted by molar-refractivity contribution is 0.457. The Morgan fingerprint density at radius 1 is 1.53 bits per heavy atom. The Morgan fingerprint density at radius 3 is 2.67 bits per heavy atom. The molecule has 0 radical (unpaired) electrons. The molecule has 3 N–H and O–H groups in total. The van der Waals surface area contributed by atoms with E-state index >= 15 is 0 Å². The van der Waals surface area contributed by atoms with Crippen LogP contribution in [0.25, 0.3) is 0 Å². The molecule has 0 aliphatic carbocycles. The van der Waals surface area contributed by atoms with Crippen molar-refractivity contribution in [2.45, 2.75) is 19.4 Å². The van der Waals surface area contributed by atoms with Crippen LogP contribution in [0.4, 0.5) is 0 Å². The Kier molecular flexibility index (Phi) is 4.37. The molecule has 2 nitrogen and oxygen atoms in total. The minimum atomic E-state index is -0.226. The van der Waals surface area contributed by atoms with E-state index in [0.717, 1.165) is 15.6 Å². The first kappa shape index (κ1) is 12.7. The van der Waals surface area contributed by atoms with Crippen molar-refractivity contribution in [1.29, 1.82) is 0 Å². The quantitative estimate of drug-likeness (QED) is 0.824. The maximum absolute atomic E-state index is 9.83. The molecule has 0 heterocycles. The van der Waals surface area contributed by atoms with Crippen molar-refractivity contribution in [1.82, 2.24) is 0 Å². The van der Waals surface area contributed by atoms with E-state index in [9.17, 15) is 5.11 Å². The molecule has 0 spiro atoms. The van der Waals surface area contributed by atoms with E-state index in [4.69, 9.17) is 5.73 Å². The number of hydrogen-bond donors (Lipinski definition) is 2. The lowest BCUT2D eigenvalue weighted by Gasteiger charge is -2.15. The molecule has 0 bridgehead atoms. The summed E-state index contributed by atoms with van der Waals surface area (Å²) < 4.78 is 1.53. The highest BCUT2D eigenvalue weighted by atomic mass is 79.9. The molecule has 82 valence electrons. The van der Waals surface area contributed by atoms with E-state index in [1.807, 2.05) is 13.0 Å². The highest BCUT2D eigenvalue weighted by Gasteiger charge is 2.14. The number of phenolic OH excluding ortho intramolecular Hbond substituents is 1. The van der Waals surface area contributed by atoms with Crippen LogP contribution in [0.5, 0.6) is 5.75 Å². The SMILES string of the molecule is C=C(C)C[C@@H](N)c1cc(Br)cc(Br)c1O. The maximum atomic E-state index is 9.83. The van der Waals surface area contributed by atoms with E-state index < -0.39 is 0 Å². The van der Waals surface area contributed by atoms with E-state index in [1.165, 1.54) is 0 Å². The third-order valence-corrected chi connectivity index (χ3v) is 3.09. The Labute approximate surface area is 106 Å². The molecule has 1 aromatic rings. The predicted octanol–water partition coefficient (Wildman–Crippen LogP) is 3.88. The first-order valence-electron chi connectivity index (χ1n) is 4.49. The molecular weight excluding hydrogens is 322 g/mol. The summed E-state index contributed by atoms with van der Waals surface area (Å²) in [5.74, 6) is 0.201. The van der Waals surface area contributed by atoms with Crippen molar-refractivity contribution in [3.05, 3.63) is 38.8 Å². The van der Waals surface area contributed by atoms with Gasteiger partial charge in [-0.2, -0.15) is 0 Å². The lowest BCUT2D eigenvalue weighted by Crippen LogP contribution is -2.10. The average molecular weight is 335 g/mol. The van der Waals surface area contributed by atoms with Gasteiger partial charge >= 0.3 is 0 Å². The summed E-state index contributed by atoms with van der Waals surface area (Å²) >= 11 is 6.64. The number of rotatable bonds is 3. The highest BCUT2D eigenvalue weighted by Crippen LogP contribution is 2.35. The van der Waals surface area contributed by atoms with Crippen LogP contribution in [0.3, 0.4) is 0 Å². The minimum Gasteiger partial charge on any atom is -0.506 e. The second-order valence-corrected chi connectivity index (χ2v) is 5.36. The van der Waals surface area contributed by atoms with Crippen LogP contribution in [-0.4, -0.2) is 5.11 Å². The number of halogens is 2. The van der Waals surface area contributed by atoms with Crippen LogP contribution < -0.4 is 5.73 Å². The number of phenols is 1. The van der Waals surface area contributed by atoms with Gasteiger partial charge in [0.25, 0.3) is 0 Å². The van der Waals surface area contributed by atoms with Gasteiger partial charge in [-0.1, -0.05) is 21.5 Å². The van der Waals surface area contributed by atoms with Gasteiger partial charge in [0, 0.05) is 16.1 Å². The van der Waals surface area contributed by atoms with Crippen LogP contribution >= 0.6 is 31.9 Å². The normalized spacial score (nSPS) is 12.5. The second-order valence-electron chi connectivity index (χ2n) is 3.59. The molecule has 1 rings (SSSR count). The summed E-state index contributed by atoms with van der Waals surface area (Å²) in [7, 11) is 0. The number of nitrogens with two attached hydrogens (primary N) is 1. The molecule has 0 aliphatic rings. The van der Waals surface area contributed by atoms with Crippen molar-refractivity contribution in [2.75, 3.05) is 0 Å². The number of hydrogen-bond acceptors (Lipinski definition) is 2. The zero-order valence-electron chi connectivity index (χ0n) is 8.43. The fraction of sp³-hybridized carbons (Fsp3) is 0.273. The minimum absolute atomic E-state index is 0.201. The first-order valence-corrected chi connectivity index (χ1v) is 6.08. The van der Waals surface area contributed by atoms with Gasteiger partial charge in [0.05, 0.1) is 4.47 Å². The first-order chi connectivity index (χ1) is 6.91. The molecule has 0 aromatic heterocycles. The molecule has 0 amide bonds. The molecule has 0 saturated heterocycles. The van der Waals surface area contributed by atoms with Gasteiger partial charge in [-0.25, -0.2) is 0 Å². The van der Waals surface area contributed by atoms with Crippen LogP contribution in [-0.2, 0) is 0 Å². The zero-order chi connectivity index (χ0) is 11.6. The van der Waals surface area contributed by atoms with Gasteiger partial charge in [0.2, 0.25) is 0 Å². The fourth-order valence-electron chi connectivity index (χ4n) is 1.35. The summed E-state index contributed by atoms with van der Waals surface area (Å²) in [5, 5.41) is 9.83. The molecule has 0 saturated carbocycles. The Balaban J connectivity index is 3.07. The van der Waals surface area contributed by atoms with Gasteiger partial charge in [0.1, 0.15) is 5.75 Å². The van der Waals surface area contributed by atoms with Crippen molar-refractivity contribution in [3.8, 4) is 5.75 Å². The third kappa shape index (κ3) is 3.33. The summed E-state index contributed by atoms with van der Waals surface area (Å²) in [6.45, 7) is 5.73. The summed E-state index contributed by atoms with van der Waals surface area (Å²) in [4.78, 5) is 0. The van der Waals surface area contributed by atoms with Crippen molar-refractivity contribution < 1.29 is 5.11 Å². The fourth-order valence-corrected chi connectivity index (χ4v) is 2.61. The van der Waals surface area contributed by atoms with Crippen molar-refractivity contribution in [3.63, 3.8) is 0 Å². The Morgan fingerprint density at radius 2 is 2.13 bits per heavy atom. The van der Waals surface area contributed by atoms with Gasteiger partial charge in [-0.3, -0.25) is 0 Å². The smallest absolute Gasteiger partial charge is 0.134 e. The number of aromatic hydroxyl groups is 1. The average Bonchev–Trinajstić information content (AvgIpc) is 2.09. The van der Waals surface area contributed by atoms with Crippen molar-refractivity contribution in [2.24, 2.45) is 5.73 Å². The number of benzene rings is 1. The Hall–Kier alpha value is -0.320. The van der Waals surface area contributed by atoms with E-state index in [0.29, 0.717) is 10.9 Å². The van der Waals surface area contributed by atoms with Crippen LogP contribution in [0.1, 0.15) is 24.9 Å². The Bertz CT molecular complexity index is 390. The molecular formula is C11H13Br2NO. The van der Waals surface area contributed by atoms with Gasteiger partial charge < -0.3 is 10.8 Å². The second kappa shape index (κ2) is 5.14. The monoisotopic (exact) mass is 333 g/mol. The maximum Gasteiger partial charge on any atom is 0.134 e. The van der Waals surface area contributed by atoms with Crippen LogP contribution in [0.15, 0.2) is 33.2 Å². The zero-order valence-corrected chi connectivity index (χ0v) is 11.6. The predicted molar refractivity (Wildman–Crippen MR) is 69.9 cm³/mol. The molecule has 1 atom stereocenters. The highest BCUT2D eigenvalue weighted by molar-refractivity contribution is 9.11. The third-order valence-electron chi connectivity index (χ3n) is 2.03. The standard InChI is InChI=1S/C11H13Br2NO/c1-6(2)3-10(14)8-4-7(12)5-9(13)11(8)15/h4-5,10,15H,1,3,14H2,2H3/t10-/m1/s1.